The zero-order valence-corrected chi connectivity index (χ0v) is 12.5. The smallest absolute Gasteiger partial charge is 0.292 e. The van der Waals surface area contributed by atoms with Crippen LogP contribution in [0.25, 0.3) is 0 Å². The first-order chi connectivity index (χ1) is 10.2. The second kappa shape index (κ2) is 10.1. The van der Waals surface area contributed by atoms with E-state index in [1.807, 2.05) is 13.0 Å². The summed E-state index contributed by atoms with van der Waals surface area (Å²) in [6.45, 7) is 4.78. The van der Waals surface area contributed by atoms with Crippen molar-refractivity contribution in [2.45, 2.75) is 13.5 Å². The number of nitrogens with one attached hydrogen (secondary N) is 1. The van der Waals surface area contributed by atoms with Crippen molar-refractivity contribution in [3.63, 3.8) is 0 Å². The molecule has 118 valence electrons. The summed E-state index contributed by atoms with van der Waals surface area (Å²) < 4.78 is 15.6. The van der Waals surface area contributed by atoms with Gasteiger partial charge in [0.15, 0.2) is 0 Å². The van der Waals surface area contributed by atoms with Gasteiger partial charge in [-0.3, -0.25) is 10.1 Å². The number of rotatable bonds is 11. The van der Waals surface area contributed by atoms with Crippen LogP contribution in [-0.2, 0) is 20.8 Å². The predicted molar refractivity (Wildman–Crippen MR) is 79.6 cm³/mol. The van der Waals surface area contributed by atoms with Crippen molar-refractivity contribution in [1.82, 2.24) is 0 Å². The minimum Gasteiger partial charge on any atom is -0.382 e. The minimum atomic E-state index is -0.393. The SMILES string of the molecule is CCNc1c(COCCOCCOC)cccc1[N+](=O)[O-]. The van der Waals surface area contributed by atoms with Gasteiger partial charge in [-0.05, 0) is 6.92 Å². The molecular weight excluding hydrogens is 276 g/mol. The average molecular weight is 298 g/mol. The van der Waals surface area contributed by atoms with Crippen LogP contribution in [0.5, 0.6) is 0 Å². The molecule has 0 unspecified atom stereocenters. The minimum absolute atomic E-state index is 0.0642. The Morgan fingerprint density at radius 3 is 2.57 bits per heavy atom. The number of ether oxygens (including phenoxy) is 3. The van der Waals surface area contributed by atoms with Gasteiger partial charge in [0, 0.05) is 25.3 Å². The topological polar surface area (TPSA) is 82.9 Å². The lowest BCUT2D eigenvalue weighted by molar-refractivity contribution is -0.384. The lowest BCUT2D eigenvalue weighted by Gasteiger charge is -2.11. The maximum atomic E-state index is 11.0. The van der Waals surface area contributed by atoms with Crippen LogP contribution in [0.15, 0.2) is 18.2 Å². The molecule has 0 aliphatic carbocycles. The Kier molecular flexibility index (Phi) is 8.34. The molecule has 21 heavy (non-hydrogen) atoms. The number of nitro benzene ring substituents is 1. The van der Waals surface area contributed by atoms with Crippen LogP contribution < -0.4 is 5.32 Å². The van der Waals surface area contributed by atoms with Crippen LogP contribution in [0.3, 0.4) is 0 Å². The first-order valence-corrected chi connectivity index (χ1v) is 6.85. The molecule has 7 nitrogen and oxygen atoms in total. The van der Waals surface area contributed by atoms with Crippen molar-refractivity contribution in [1.29, 1.82) is 0 Å². The first kappa shape index (κ1) is 17.4. The van der Waals surface area contributed by atoms with E-state index in [1.165, 1.54) is 6.07 Å². The van der Waals surface area contributed by atoms with Gasteiger partial charge in [-0.1, -0.05) is 12.1 Å². The molecule has 0 bridgehead atoms. The molecule has 0 saturated heterocycles. The summed E-state index contributed by atoms with van der Waals surface area (Å²) in [4.78, 5) is 10.6. The Hall–Kier alpha value is -1.70. The van der Waals surface area contributed by atoms with E-state index in [9.17, 15) is 10.1 Å². The van der Waals surface area contributed by atoms with Crippen molar-refractivity contribution >= 4 is 11.4 Å². The van der Waals surface area contributed by atoms with Crippen molar-refractivity contribution in [3.8, 4) is 0 Å². The van der Waals surface area contributed by atoms with Gasteiger partial charge in [0.2, 0.25) is 0 Å². The Morgan fingerprint density at radius 1 is 1.19 bits per heavy atom. The van der Waals surface area contributed by atoms with E-state index in [-0.39, 0.29) is 5.69 Å². The van der Waals surface area contributed by atoms with Gasteiger partial charge in [0.25, 0.3) is 5.69 Å². The van der Waals surface area contributed by atoms with Crippen LogP contribution in [0, 0.1) is 10.1 Å². The number of anilines is 1. The van der Waals surface area contributed by atoms with E-state index >= 15 is 0 Å². The molecule has 0 heterocycles. The molecule has 1 rings (SSSR count). The fourth-order valence-corrected chi connectivity index (χ4v) is 1.78. The highest BCUT2D eigenvalue weighted by atomic mass is 16.6. The van der Waals surface area contributed by atoms with Crippen molar-refractivity contribution in [2.24, 2.45) is 0 Å². The highest BCUT2D eigenvalue weighted by Crippen LogP contribution is 2.28. The number of nitrogens with zero attached hydrogens (tertiary/aromatic N) is 1. The molecule has 0 spiro atoms. The molecule has 1 aromatic rings. The predicted octanol–water partition coefficient (Wildman–Crippen LogP) is 2.21. The van der Waals surface area contributed by atoms with Crippen LogP contribution in [0.2, 0.25) is 0 Å². The Balaban J connectivity index is 2.50. The lowest BCUT2D eigenvalue weighted by atomic mass is 10.1. The third-order valence-corrected chi connectivity index (χ3v) is 2.74. The normalized spacial score (nSPS) is 10.6. The third-order valence-electron chi connectivity index (χ3n) is 2.74. The largest absolute Gasteiger partial charge is 0.382 e. The summed E-state index contributed by atoms with van der Waals surface area (Å²) in [7, 11) is 1.62. The Labute approximate surface area is 124 Å². The molecule has 0 radical (unpaired) electrons. The van der Waals surface area contributed by atoms with E-state index in [0.717, 1.165) is 5.56 Å². The van der Waals surface area contributed by atoms with Crippen LogP contribution >= 0.6 is 0 Å². The summed E-state index contributed by atoms with van der Waals surface area (Å²) in [5.74, 6) is 0. The highest BCUT2D eigenvalue weighted by Gasteiger charge is 2.16. The van der Waals surface area contributed by atoms with Gasteiger partial charge in [0.05, 0.1) is 38.0 Å². The maximum Gasteiger partial charge on any atom is 0.292 e. The van der Waals surface area contributed by atoms with Gasteiger partial charge in [-0.2, -0.15) is 0 Å². The summed E-state index contributed by atoms with van der Waals surface area (Å²) in [6, 6.07) is 4.96. The average Bonchev–Trinajstić information content (AvgIpc) is 2.47. The first-order valence-electron chi connectivity index (χ1n) is 6.85. The van der Waals surface area contributed by atoms with E-state index in [0.29, 0.717) is 45.3 Å². The van der Waals surface area contributed by atoms with E-state index in [2.05, 4.69) is 5.32 Å². The molecule has 1 aromatic carbocycles. The monoisotopic (exact) mass is 298 g/mol. The number of nitro groups is 1. The van der Waals surface area contributed by atoms with Gasteiger partial charge < -0.3 is 19.5 Å². The fourth-order valence-electron chi connectivity index (χ4n) is 1.78. The quantitative estimate of drug-likeness (QED) is 0.383. The molecule has 0 fully saturated rings. The molecule has 0 aliphatic heterocycles. The zero-order valence-electron chi connectivity index (χ0n) is 12.5. The Morgan fingerprint density at radius 2 is 1.90 bits per heavy atom. The molecule has 0 aliphatic rings. The van der Waals surface area contributed by atoms with Crippen molar-refractivity contribution < 1.29 is 19.1 Å². The van der Waals surface area contributed by atoms with E-state index in [4.69, 9.17) is 14.2 Å². The Bertz CT molecular complexity index is 439. The summed E-state index contributed by atoms with van der Waals surface area (Å²) in [6.07, 6.45) is 0. The van der Waals surface area contributed by atoms with Crippen LogP contribution in [0.1, 0.15) is 12.5 Å². The fraction of sp³-hybridized carbons (Fsp3) is 0.571. The molecule has 0 atom stereocenters. The number of hydrogen-bond acceptors (Lipinski definition) is 6. The van der Waals surface area contributed by atoms with Crippen molar-refractivity contribution in [2.75, 3.05) is 45.4 Å². The maximum absolute atomic E-state index is 11.0. The summed E-state index contributed by atoms with van der Waals surface area (Å²) in [5, 5.41) is 14.0. The van der Waals surface area contributed by atoms with Gasteiger partial charge in [0.1, 0.15) is 5.69 Å². The number of methoxy groups -OCH3 is 1. The van der Waals surface area contributed by atoms with Crippen LogP contribution in [0.4, 0.5) is 11.4 Å². The number of benzene rings is 1. The lowest BCUT2D eigenvalue weighted by Crippen LogP contribution is -2.10. The number of hydrogen-bond donors (Lipinski definition) is 1. The standard InChI is InChI=1S/C14H22N2O5/c1-3-15-14-12(5-4-6-13(14)16(17)18)11-21-10-9-20-8-7-19-2/h4-6,15H,3,7-11H2,1-2H3. The molecule has 0 saturated carbocycles. The van der Waals surface area contributed by atoms with Crippen molar-refractivity contribution in [3.05, 3.63) is 33.9 Å². The summed E-state index contributed by atoms with van der Waals surface area (Å²) >= 11 is 0. The molecule has 0 aromatic heterocycles. The highest BCUT2D eigenvalue weighted by molar-refractivity contribution is 5.66. The zero-order chi connectivity index (χ0) is 15.5. The van der Waals surface area contributed by atoms with E-state index in [1.54, 1.807) is 13.2 Å². The van der Waals surface area contributed by atoms with Gasteiger partial charge >= 0.3 is 0 Å². The molecule has 0 amide bonds. The second-order valence-corrected chi connectivity index (χ2v) is 4.26. The summed E-state index contributed by atoms with van der Waals surface area (Å²) in [5.41, 5.74) is 1.35. The second-order valence-electron chi connectivity index (χ2n) is 4.26. The molecular formula is C14H22N2O5. The third kappa shape index (κ3) is 6.07. The molecule has 7 heteroatoms. The molecule has 1 N–H and O–H groups in total. The van der Waals surface area contributed by atoms with Crippen LogP contribution in [-0.4, -0.2) is 45.0 Å². The number of para-hydroxylation sites is 1. The van der Waals surface area contributed by atoms with Gasteiger partial charge in [-0.15, -0.1) is 0 Å². The van der Waals surface area contributed by atoms with E-state index < -0.39 is 4.92 Å². The van der Waals surface area contributed by atoms with Gasteiger partial charge in [-0.25, -0.2) is 0 Å².